The van der Waals surface area contributed by atoms with E-state index in [1.807, 2.05) is 0 Å². The first-order chi connectivity index (χ1) is 9.22. The standard InChI is InChI=1S/C15H19FN2O/c16-15-7-14(6-5-13(15)9-18)19-10-12-3-1-11(8-17)2-4-12/h5-7,11-12H,1-4,8,10,17H2. The van der Waals surface area contributed by atoms with Crippen LogP contribution in [-0.4, -0.2) is 13.2 Å². The highest BCUT2D eigenvalue weighted by atomic mass is 19.1. The number of nitrogens with zero attached hydrogens (tertiary/aromatic N) is 1. The fourth-order valence-corrected chi connectivity index (χ4v) is 2.52. The van der Waals surface area contributed by atoms with Gasteiger partial charge in [0.05, 0.1) is 12.2 Å². The van der Waals surface area contributed by atoms with Gasteiger partial charge < -0.3 is 10.5 Å². The molecule has 2 rings (SSSR count). The van der Waals surface area contributed by atoms with E-state index in [0.29, 0.717) is 24.2 Å². The summed E-state index contributed by atoms with van der Waals surface area (Å²) in [5.41, 5.74) is 5.71. The van der Waals surface area contributed by atoms with Crippen LogP contribution in [0.15, 0.2) is 18.2 Å². The molecule has 0 atom stereocenters. The highest BCUT2D eigenvalue weighted by molar-refractivity contribution is 5.36. The predicted molar refractivity (Wildman–Crippen MR) is 71.1 cm³/mol. The average molecular weight is 262 g/mol. The van der Waals surface area contributed by atoms with E-state index in [1.54, 1.807) is 12.1 Å². The number of nitrogens with two attached hydrogens (primary N) is 1. The first-order valence-electron chi connectivity index (χ1n) is 6.75. The highest BCUT2D eigenvalue weighted by Gasteiger charge is 2.20. The van der Waals surface area contributed by atoms with E-state index in [1.165, 1.54) is 12.1 Å². The molecule has 0 radical (unpaired) electrons. The minimum atomic E-state index is -0.521. The van der Waals surface area contributed by atoms with Gasteiger partial charge in [0.25, 0.3) is 0 Å². The zero-order valence-corrected chi connectivity index (χ0v) is 10.9. The van der Waals surface area contributed by atoms with Crippen molar-refractivity contribution in [3.8, 4) is 11.8 Å². The van der Waals surface area contributed by atoms with Gasteiger partial charge in [0.1, 0.15) is 17.6 Å². The third kappa shape index (κ3) is 3.68. The molecule has 1 fully saturated rings. The van der Waals surface area contributed by atoms with E-state index < -0.39 is 5.82 Å². The summed E-state index contributed by atoms with van der Waals surface area (Å²) in [6, 6.07) is 6.18. The molecule has 1 saturated carbocycles. The lowest BCUT2D eigenvalue weighted by molar-refractivity contribution is 0.184. The van der Waals surface area contributed by atoms with Gasteiger partial charge in [-0.3, -0.25) is 0 Å². The van der Waals surface area contributed by atoms with Crippen molar-refractivity contribution in [2.75, 3.05) is 13.2 Å². The molecule has 0 aliphatic heterocycles. The summed E-state index contributed by atoms with van der Waals surface area (Å²) < 4.78 is 19.0. The molecule has 0 heterocycles. The SMILES string of the molecule is N#Cc1ccc(OCC2CCC(CN)CC2)cc1F. The largest absolute Gasteiger partial charge is 0.493 e. The summed E-state index contributed by atoms with van der Waals surface area (Å²) in [4.78, 5) is 0. The minimum absolute atomic E-state index is 0.0517. The summed E-state index contributed by atoms with van der Waals surface area (Å²) >= 11 is 0. The lowest BCUT2D eigenvalue weighted by Crippen LogP contribution is -2.24. The van der Waals surface area contributed by atoms with Crippen LogP contribution in [-0.2, 0) is 0 Å². The van der Waals surface area contributed by atoms with Gasteiger partial charge in [-0.1, -0.05) is 0 Å². The maximum atomic E-state index is 13.4. The van der Waals surface area contributed by atoms with Gasteiger partial charge in [0, 0.05) is 6.07 Å². The van der Waals surface area contributed by atoms with Crippen LogP contribution in [0.1, 0.15) is 31.2 Å². The van der Waals surface area contributed by atoms with E-state index in [0.717, 1.165) is 32.2 Å². The van der Waals surface area contributed by atoms with E-state index in [9.17, 15) is 4.39 Å². The normalized spacial score (nSPS) is 22.8. The Hall–Kier alpha value is -1.60. The fourth-order valence-electron chi connectivity index (χ4n) is 2.52. The second-order valence-corrected chi connectivity index (χ2v) is 5.19. The monoisotopic (exact) mass is 262 g/mol. The number of nitriles is 1. The van der Waals surface area contributed by atoms with Crippen LogP contribution in [0, 0.1) is 29.0 Å². The van der Waals surface area contributed by atoms with Crippen molar-refractivity contribution in [1.82, 2.24) is 0 Å². The van der Waals surface area contributed by atoms with Crippen molar-refractivity contribution in [1.29, 1.82) is 5.26 Å². The molecule has 2 N–H and O–H groups in total. The predicted octanol–water partition coefficient (Wildman–Crippen LogP) is 2.84. The molecule has 0 unspecified atom stereocenters. The molecule has 1 aromatic rings. The first-order valence-corrected chi connectivity index (χ1v) is 6.75. The Morgan fingerprint density at radius 1 is 1.26 bits per heavy atom. The highest BCUT2D eigenvalue weighted by Crippen LogP contribution is 2.28. The summed E-state index contributed by atoms with van der Waals surface area (Å²) in [5.74, 6) is 1.16. The van der Waals surface area contributed by atoms with Gasteiger partial charge in [-0.25, -0.2) is 4.39 Å². The zero-order valence-electron chi connectivity index (χ0n) is 10.9. The summed E-state index contributed by atoms with van der Waals surface area (Å²) in [7, 11) is 0. The smallest absolute Gasteiger partial charge is 0.144 e. The van der Waals surface area contributed by atoms with E-state index in [4.69, 9.17) is 15.7 Å². The molecule has 0 saturated heterocycles. The molecule has 0 bridgehead atoms. The molecule has 0 amide bonds. The van der Waals surface area contributed by atoms with Crippen molar-refractivity contribution >= 4 is 0 Å². The Morgan fingerprint density at radius 3 is 2.53 bits per heavy atom. The Morgan fingerprint density at radius 2 is 1.95 bits per heavy atom. The molecule has 4 heteroatoms. The van der Waals surface area contributed by atoms with Crippen LogP contribution >= 0.6 is 0 Å². The molecule has 1 aromatic carbocycles. The maximum absolute atomic E-state index is 13.4. The molecule has 0 spiro atoms. The quantitative estimate of drug-likeness (QED) is 0.907. The lowest BCUT2D eigenvalue weighted by Gasteiger charge is -2.27. The zero-order chi connectivity index (χ0) is 13.7. The van der Waals surface area contributed by atoms with Crippen LogP contribution in [0.3, 0.4) is 0 Å². The van der Waals surface area contributed by atoms with Crippen LogP contribution in [0.5, 0.6) is 5.75 Å². The van der Waals surface area contributed by atoms with Gasteiger partial charge >= 0.3 is 0 Å². The van der Waals surface area contributed by atoms with Gasteiger partial charge in [-0.15, -0.1) is 0 Å². The second-order valence-electron chi connectivity index (χ2n) is 5.19. The molecule has 1 aliphatic rings. The molecule has 102 valence electrons. The van der Waals surface area contributed by atoms with Crippen LogP contribution < -0.4 is 10.5 Å². The Kier molecular flexibility index (Phi) is 4.75. The van der Waals surface area contributed by atoms with Gasteiger partial charge in [0.2, 0.25) is 0 Å². The van der Waals surface area contributed by atoms with Crippen molar-refractivity contribution in [2.45, 2.75) is 25.7 Å². The third-order valence-electron chi connectivity index (χ3n) is 3.85. The number of benzene rings is 1. The number of hydrogen-bond donors (Lipinski definition) is 1. The topological polar surface area (TPSA) is 59.0 Å². The van der Waals surface area contributed by atoms with Crippen molar-refractivity contribution in [2.24, 2.45) is 17.6 Å². The minimum Gasteiger partial charge on any atom is -0.493 e. The van der Waals surface area contributed by atoms with E-state index in [2.05, 4.69) is 0 Å². The Balaban J connectivity index is 1.83. The number of rotatable bonds is 4. The van der Waals surface area contributed by atoms with Crippen molar-refractivity contribution < 1.29 is 9.13 Å². The Bertz CT molecular complexity index is 462. The molecular weight excluding hydrogens is 243 g/mol. The summed E-state index contributed by atoms with van der Waals surface area (Å²) in [6.45, 7) is 1.39. The van der Waals surface area contributed by atoms with E-state index >= 15 is 0 Å². The fraction of sp³-hybridized carbons (Fsp3) is 0.533. The third-order valence-corrected chi connectivity index (χ3v) is 3.85. The van der Waals surface area contributed by atoms with Gasteiger partial charge in [0.15, 0.2) is 0 Å². The van der Waals surface area contributed by atoms with Crippen LogP contribution in [0.4, 0.5) is 4.39 Å². The number of ether oxygens (including phenoxy) is 1. The molecule has 19 heavy (non-hydrogen) atoms. The molecular formula is C15H19FN2O. The van der Waals surface area contributed by atoms with Crippen molar-refractivity contribution in [3.05, 3.63) is 29.6 Å². The number of hydrogen-bond acceptors (Lipinski definition) is 3. The van der Waals surface area contributed by atoms with Crippen LogP contribution in [0.2, 0.25) is 0 Å². The van der Waals surface area contributed by atoms with E-state index in [-0.39, 0.29) is 5.56 Å². The average Bonchev–Trinajstić information content (AvgIpc) is 2.46. The van der Waals surface area contributed by atoms with Gasteiger partial charge in [-0.05, 0) is 56.2 Å². The van der Waals surface area contributed by atoms with Gasteiger partial charge in [-0.2, -0.15) is 5.26 Å². The molecule has 0 aromatic heterocycles. The molecule has 1 aliphatic carbocycles. The first kappa shape index (κ1) is 13.8. The van der Waals surface area contributed by atoms with Crippen LogP contribution in [0.25, 0.3) is 0 Å². The summed E-state index contributed by atoms with van der Waals surface area (Å²) in [5, 5.41) is 8.65. The maximum Gasteiger partial charge on any atom is 0.144 e. The molecule has 3 nitrogen and oxygen atoms in total. The summed E-state index contributed by atoms with van der Waals surface area (Å²) in [6.07, 6.45) is 4.57. The Labute approximate surface area is 113 Å². The second kappa shape index (κ2) is 6.53. The van der Waals surface area contributed by atoms with Crippen molar-refractivity contribution in [3.63, 3.8) is 0 Å². The lowest BCUT2D eigenvalue weighted by atomic mass is 9.82. The number of halogens is 1.